The van der Waals surface area contributed by atoms with Crippen LogP contribution in [-0.4, -0.2) is 11.7 Å². The van der Waals surface area contributed by atoms with Crippen LogP contribution in [0, 0.1) is 17.7 Å². The average molecular weight is 232 g/mol. The Morgan fingerprint density at radius 3 is 2.44 bits per heavy atom. The highest BCUT2D eigenvalue weighted by Gasteiger charge is 2.33. The zero-order chi connectivity index (χ0) is 12.2. The van der Waals surface area contributed by atoms with Gasteiger partial charge in [0.25, 0.3) is 0 Å². The Balaban J connectivity index is 2.97. The maximum absolute atomic E-state index is 13.0. The number of aliphatic hydroxyl groups excluding tert-OH is 1. The van der Waals surface area contributed by atoms with Crippen LogP contribution in [0.25, 0.3) is 0 Å². The first-order valence-electron chi connectivity index (χ1n) is 4.41. The Labute approximate surface area is 89.7 Å². The zero-order valence-corrected chi connectivity index (χ0v) is 8.11. The smallest absolute Gasteiger partial charge is 0.395 e. The van der Waals surface area contributed by atoms with E-state index in [1.54, 1.807) is 0 Å². The van der Waals surface area contributed by atoms with Gasteiger partial charge in [-0.3, -0.25) is 0 Å². The van der Waals surface area contributed by atoms with Crippen LogP contribution < -0.4 is 0 Å². The SMILES string of the molecule is OCCC#Cc1ccc(C(F)(F)F)c(F)c1. The van der Waals surface area contributed by atoms with Crippen LogP contribution in [0.2, 0.25) is 0 Å². The molecule has 0 aliphatic carbocycles. The van der Waals surface area contributed by atoms with Gasteiger partial charge in [0.15, 0.2) is 0 Å². The average Bonchev–Trinajstić information content (AvgIpc) is 2.16. The van der Waals surface area contributed by atoms with Gasteiger partial charge in [-0.15, -0.1) is 0 Å². The van der Waals surface area contributed by atoms with E-state index >= 15 is 0 Å². The van der Waals surface area contributed by atoms with E-state index in [4.69, 9.17) is 5.11 Å². The van der Waals surface area contributed by atoms with Gasteiger partial charge in [-0.05, 0) is 18.2 Å². The van der Waals surface area contributed by atoms with Gasteiger partial charge in [0.2, 0.25) is 0 Å². The molecule has 0 aliphatic heterocycles. The van der Waals surface area contributed by atoms with Crippen molar-refractivity contribution in [2.24, 2.45) is 0 Å². The van der Waals surface area contributed by atoms with E-state index in [0.29, 0.717) is 6.07 Å². The third kappa shape index (κ3) is 3.24. The van der Waals surface area contributed by atoms with Crippen LogP contribution in [0.5, 0.6) is 0 Å². The summed E-state index contributed by atoms with van der Waals surface area (Å²) >= 11 is 0. The first-order valence-corrected chi connectivity index (χ1v) is 4.41. The Morgan fingerprint density at radius 1 is 1.25 bits per heavy atom. The van der Waals surface area contributed by atoms with Crippen molar-refractivity contribution in [1.82, 2.24) is 0 Å². The van der Waals surface area contributed by atoms with Crippen LogP contribution in [0.3, 0.4) is 0 Å². The van der Waals surface area contributed by atoms with Crippen molar-refractivity contribution in [3.05, 3.63) is 35.1 Å². The molecule has 0 saturated heterocycles. The lowest BCUT2D eigenvalue weighted by molar-refractivity contribution is -0.140. The van der Waals surface area contributed by atoms with Gasteiger partial charge in [0.1, 0.15) is 5.82 Å². The van der Waals surface area contributed by atoms with Crippen molar-refractivity contribution in [2.45, 2.75) is 12.6 Å². The molecule has 86 valence electrons. The summed E-state index contributed by atoms with van der Waals surface area (Å²) in [5.41, 5.74) is -1.15. The van der Waals surface area contributed by atoms with Gasteiger partial charge in [0, 0.05) is 12.0 Å². The summed E-state index contributed by atoms with van der Waals surface area (Å²) in [4.78, 5) is 0. The maximum atomic E-state index is 13.0. The third-order valence-corrected chi connectivity index (χ3v) is 1.74. The maximum Gasteiger partial charge on any atom is 0.419 e. The van der Waals surface area contributed by atoms with Gasteiger partial charge in [-0.2, -0.15) is 13.2 Å². The predicted octanol–water partition coefficient (Wildman–Crippen LogP) is 2.58. The molecule has 0 heterocycles. The first-order chi connectivity index (χ1) is 7.45. The lowest BCUT2D eigenvalue weighted by atomic mass is 10.1. The van der Waals surface area contributed by atoms with Crippen molar-refractivity contribution >= 4 is 0 Å². The van der Waals surface area contributed by atoms with Crippen molar-refractivity contribution in [3.63, 3.8) is 0 Å². The van der Waals surface area contributed by atoms with Crippen LogP contribution in [-0.2, 0) is 6.18 Å². The van der Waals surface area contributed by atoms with Gasteiger partial charge in [0.05, 0.1) is 12.2 Å². The number of hydrogen-bond acceptors (Lipinski definition) is 1. The van der Waals surface area contributed by atoms with Gasteiger partial charge >= 0.3 is 6.18 Å². The molecule has 5 heteroatoms. The van der Waals surface area contributed by atoms with Crippen molar-refractivity contribution in [2.75, 3.05) is 6.61 Å². The van der Waals surface area contributed by atoms with E-state index in [1.165, 1.54) is 0 Å². The number of benzene rings is 1. The van der Waals surface area contributed by atoms with E-state index in [9.17, 15) is 17.6 Å². The predicted molar refractivity (Wildman–Crippen MR) is 50.0 cm³/mol. The molecular weight excluding hydrogens is 224 g/mol. The van der Waals surface area contributed by atoms with Crippen LogP contribution >= 0.6 is 0 Å². The molecular formula is C11H8F4O. The molecule has 1 aromatic rings. The summed E-state index contributed by atoms with van der Waals surface area (Å²) in [5.74, 6) is 3.59. The van der Waals surface area contributed by atoms with Crippen molar-refractivity contribution < 1.29 is 22.7 Å². The minimum Gasteiger partial charge on any atom is -0.395 e. The van der Waals surface area contributed by atoms with E-state index < -0.39 is 17.6 Å². The lowest BCUT2D eigenvalue weighted by Gasteiger charge is -2.07. The summed E-state index contributed by atoms with van der Waals surface area (Å²) < 4.78 is 49.6. The molecule has 0 aliphatic rings. The fourth-order valence-electron chi connectivity index (χ4n) is 1.04. The molecule has 0 spiro atoms. The van der Waals surface area contributed by atoms with E-state index in [2.05, 4.69) is 11.8 Å². The Morgan fingerprint density at radius 2 is 1.94 bits per heavy atom. The first kappa shape index (κ1) is 12.5. The van der Waals surface area contributed by atoms with Crippen LogP contribution in [0.15, 0.2) is 18.2 Å². The van der Waals surface area contributed by atoms with Crippen molar-refractivity contribution in [1.29, 1.82) is 0 Å². The second-order valence-corrected chi connectivity index (χ2v) is 2.97. The van der Waals surface area contributed by atoms with Gasteiger partial charge in [-0.25, -0.2) is 4.39 Å². The molecule has 0 saturated carbocycles. The van der Waals surface area contributed by atoms with E-state index in [-0.39, 0.29) is 18.6 Å². The molecule has 1 N–H and O–H groups in total. The summed E-state index contributed by atoms with van der Waals surface area (Å²) in [6, 6.07) is 2.47. The largest absolute Gasteiger partial charge is 0.419 e. The lowest BCUT2D eigenvalue weighted by Crippen LogP contribution is -2.07. The molecule has 0 unspecified atom stereocenters. The summed E-state index contributed by atoms with van der Waals surface area (Å²) in [5, 5.41) is 8.42. The molecule has 1 nitrogen and oxygen atoms in total. The molecule has 0 fully saturated rings. The zero-order valence-electron chi connectivity index (χ0n) is 8.11. The standard InChI is InChI=1S/C11H8F4O/c12-10-7-8(3-1-2-6-16)4-5-9(10)11(13,14)15/h4-5,7,16H,2,6H2. The second-order valence-electron chi connectivity index (χ2n) is 2.97. The molecule has 0 radical (unpaired) electrons. The number of rotatable bonds is 1. The second kappa shape index (κ2) is 4.99. The topological polar surface area (TPSA) is 20.2 Å². The Hall–Kier alpha value is -1.54. The van der Waals surface area contributed by atoms with Gasteiger partial charge < -0.3 is 5.11 Å². The molecule has 0 amide bonds. The highest BCUT2D eigenvalue weighted by molar-refractivity contribution is 5.37. The number of hydrogen-bond donors (Lipinski definition) is 1. The highest BCUT2D eigenvalue weighted by atomic mass is 19.4. The minimum atomic E-state index is -4.69. The van der Waals surface area contributed by atoms with Crippen LogP contribution in [0.1, 0.15) is 17.5 Å². The molecule has 16 heavy (non-hydrogen) atoms. The van der Waals surface area contributed by atoms with Crippen LogP contribution in [0.4, 0.5) is 17.6 Å². The summed E-state index contributed by atoms with van der Waals surface area (Å²) in [7, 11) is 0. The van der Waals surface area contributed by atoms with Crippen molar-refractivity contribution in [3.8, 4) is 11.8 Å². The fraction of sp³-hybridized carbons (Fsp3) is 0.273. The minimum absolute atomic E-state index is 0.143. The highest BCUT2D eigenvalue weighted by Crippen LogP contribution is 2.31. The third-order valence-electron chi connectivity index (χ3n) is 1.74. The Bertz CT molecular complexity index is 426. The summed E-state index contributed by atoms with van der Waals surface area (Å²) in [6.45, 7) is -0.143. The quantitative estimate of drug-likeness (QED) is 0.582. The van der Waals surface area contributed by atoms with Gasteiger partial charge in [-0.1, -0.05) is 11.8 Å². The molecule has 1 aromatic carbocycles. The van der Waals surface area contributed by atoms with E-state index in [1.807, 2.05) is 0 Å². The Kier molecular flexibility index (Phi) is 3.91. The summed E-state index contributed by atoms with van der Waals surface area (Å²) in [6.07, 6.45) is -4.50. The number of aliphatic hydroxyl groups is 1. The molecule has 0 atom stereocenters. The normalized spacial score (nSPS) is 10.8. The number of halogens is 4. The van der Waals surface area contributed by atoms with E-state index in [0.717, 1.165) is 12.1 Å². The molecule has 1 rings (SSSR count). The monoisotopic (exact) mass is 232 g/mol. The number of alkyl halides is 3. The molecule has 0 aromatic heterocycles. The fourth-order valence-corrected chi connectivity index (χ4v) is 1.04. The molecule has 0 bridgehead atoms.